The van der Waals surface area contributed by atoms with Crippen molar-refractivity contribution in [3.8, 4) is 5.75 Å². The Morgan fingerprint density at radius 3 is 2.35 bits per heavy atom. The summed E-state index contributed by atoms with van der Waals surface area (Å²) in [5.41, 5.74) is 2.61. The monoisotopic (exact) mass is 509 g/mol. The lowest BCUT2D eigenvalue weighted by Crippen LogP contribution is -2.45. The first kappa shape index (κ1) is 24.0. The molecule has 0 aromatic heterocycles. The maximum Gasteiger partial charge on any atom is 0.327 e. The van der Waals surface area contributed by atoms with Crippen LogP contribution in [-0.4, -0.2) is 32.2 Å². The van der Waals surface area contributed by atoms with Crippen molar-refractivity contribution in [2.45, 2.75) is 19.1 Å². The van der Waals surface area contributed by atoms with Crippen molar-refractivity contribution in [2.75, 3.05) is 0 Å². The predicted molar refractivity (Wildman–Crippen MR) is 139 cm³/mol. The molecule has 0 aliphatic carbocycles. The minimum atomic E-state index is -1.09. The van der Waals surface area contributed by atoms with Crippen LogP contribution >= 0.6 is 35.6 Å². The largest absolute Gasteiger partial charge is 0.489 e. The minimum Gasteiger partial charge on any atom is -0.489 e. The molecular formula is C26H20ClNO4S2. The smallest absolute Gasteiger partial charge is 0.327 e. The zero-order valence-electron chi connectivity index (χ0n) is 17.9. The Morgan fingerprint density at radius 2 is 1.71 bits per heavy atom. The molecule has 172 valence electrons. The third kappa shape index (κ3) is 5.86. The molecule has 3 aromatic carbocycles. The number of thioether (sulfide) groups is 1. The number of halogens is 1. The molecule has 1 amide bonds. The maximum absolute atomic E-state index is 13.1. The van der Waals surface area contributed by atoms with Gasteiger partial charge in [0, 0.05) is 11.4 Å². The summed E-state index contributed by atoms with van der Waals surface area (Å²) in [6, 6.07) is 22.9. The number of aliphatic carboxylic acids is 1. The SMILES string of the molecule is O=C(O)[C@H](Cc1ccccc1)N1C(=O)/C(=C\c2ccc(OCc3ccc(Cl)cc3)cc2)SC1=S. The molecule has 1 fully saturated rings. The molecule has 1 atom stereocenters. The highest BCUT2D eigenvalue weighted by Crippen LogP contribution is 2.35. The molecule has 1 aliphatic heterocycles. The van der Waals surface area contributed by atoms with Crippen molar-refractivity contribution < 1.29 is 19.4 Å². The fourth-order valence-electron chi connectivity index (χ4n) is 3.43. The van der Waals surface area contributed by atoms with Crippen molar-refractivity contribution in [3.63, 3.8) is 0 Å². The van der Waals surface area contributed by atoms with Gasteiger partial charge in [-0.15, -0.1) is 0 Å². The summed E-state index contributed by atoms with van der Waals surface area (Å²) in [4.78, 5) is 26.6. The maximum atomic E-state index is 13.1. The van der Waals surface area contributed by atoms with Gasteiger partial charge < -0.3 is 9.84 Å². The molecule has 1 aliphatic rings. The number of rotatable bonds is 8. The number of hydrogen-bond donors (Lipinski definition) is 1. The molecule has 1 N–H and O–H groups in total. The van der Waals surface area contributed by atoms with Gasteiger partial charge in [-0.05, 0) is 47.0 Å². The lowest BCUT2D eigenvalue weighted by molar-refractivity contribution is -0.145. The van der Waals surface area contributed by atoms with E-state index < -0.39 is 17.9 Å². The predicted octanol–water partition coefficient (Wildman–Crippen LogP) is 5.82. The minimum absolute atomic E-state index is 0.176. The summed E-state index contributed by atoms with van der Waals surface area (Å²) in [6.07, 6.45) is 1.89. The van der Waals surface area contributed by atoms with Gasteiger partial charge in [0.05, 0.1) is 4.91 Å². The van der Waals surface area contributed by atoms with Gasteiger partial charge in [-0.25, -0.2) is 4.79 Å². The molecule has 5 nitrogen and oxygen atoms in total. The molecule has 0 saturated carbocycles. The molecule has 3 aromatic rings. The van der Waals surface area contributed by atoms with E-state index in [2.05, 4.69) is 0 Å². The molecular weight excluding hydrogens is 490 g/mol. The Bertz CT molecular complexity index is 1230. The van der Waals surface area contributed by atoms with E-state index in [-0.39, 0.29) is 10.7 Å². The lowest BCUT2D eigenvalue weighted by Gasteiger charge is -2.23. The molecule has 0 unspecified atom stereocenters. The Morgan fingerprint density at radius 1 is 1.03 bits per heavy atom. The fourth-order valence-corrected chi connectivity index (χ4v) is 4.92. The normalized spacial score (nSPS) is 15.6. The molecule has 0 spiro atoms. The highest BCUT2D eigenvalue weighted by molar-refractivity contribution is 8.26. The van der Waals surface area contributed by atoms with Crippen LogP contribution in [0, 0.1) is 0 Å². The third-order valence-electron chi connectivity index (χ3n) is 5.19. The van der Waals surface area contributed by atoms with Crippen molar-refractivity contribution in [1.29, 1.82) is 0 Å². The topological polar surface area (TPSA) is 66.8 Å². The molecule has 0 radical (unpaired) electrons. The zero-order chi connectivity index (χ0) is 24.1. The number of hydrogen-bond acceptors (Lipinski definition) is 5. The number of carbonyl (C=O) groups is 2. The molecule has 0 bridgehead atoms. The summed E-state index contributed by atoms with van der Waals surface area (Å²) in [7, 11) is 0. The van der Waals surface area contributed by atoms with Crippen molar-refractivity contribution >= 4 is 57.9 Å². The van der Waals surface area contributed by atoms with Crippen LogP contribution in [0.25, 0.3) is 6.08 Å². The van der Waals surface area contributed by atoms with Gasteiger partial charge in [0.2, 0.25) is 0 Å². The van der Waals surface area contributed by atoms with Gasteiger partial charge in [0.15, 0.2) is 0 Å². The standard InChI is InChI=1S/C26H20ClNO4S2/c27-20-10-6-19(7-11-20)16-32-21-12-8-18(9-13-21)15-23-24(29)28(26(33)34-23)22(25(30)31)14-17-4-2-1-3-5-17/h1-13,15,22H,14,16H2,(H,30,31)/b23-15+/t22-/m0/s1. The van der Waals surface area contributed by atoms with Crippen LogP contribution in [0.4, 0.5) is 0 Å². The Kier molecular flexibility index (Phi) is 7.67. The summed E-state index contributed by atoms with van der Waals surface area (Å²) in [6.45, 7) is 0.410. The number of thiocarbonyl (C=S) groups is 1. The second-order valence-electron chi connectivity index (χ2n) is 7.58. The Hall–Kier alpha value is -3.13. The van der Waals surface area contributed by atoms with Gasteiger partial charge in [0.1, 0.15) is 22.7 Å². The quantitative estimate of drug-likeness (QED) is 0.305. The molecule has 1 saturated heterocycles. The van der Waals surface area contributed by atoms with E-state index in [0.29, 0.717) is 22.3 Å². The van der Waals surface area contributed by atoms with Gasteiger partial charge >= 0.3 is 5.97 Å². The highest BCUT2D eigenvalue weighted by atomic mass is 35.5. The van der Waals surface area contributed by atoms with Gasteiger partial charge in [0.25, 0.3) is 5.91 Å². The summed E-state index contributed by atoms with van der Waals surface area (Å²) in [5, 5.41) is 10.5. The molecule has 34 heavy (non-hydrogen) atoms. The van der Waals surface area contributed by atoms with Crippen LogP contribution in [0.3, 0.4) is 0 Å². The van der Waals surface area contributed by atoms with E-state index in [4.69, 9.17) is 28.6 Å². The number of carboxylic acids is 1. The number of nitrogens with zero attached hydrogens (tertiary/aromatic N) is 1. The van der Waals surface area contributed by atoms with Crippen LogP contribution in [0.2, 0.25) is 5.02 Å². The van der Waals surface area contributed by atoms with E-state index in [1.165, 1.54) is 4.90 Å². The van der Waals surface area contributed by atoms with E-state index in [1.54, 1.807) is 6.08 Å². The zero-order valence-corrected chi connectivity index (χ0v) is 20.3. The van der Waals surface area contributed by atoms with Crippen LogP contribution < -0.4 is 4.74 Å². The molecule has 8 heteroatoms. The summed E-state index contributed by atoms with van der Waals surface area (Å²) < 4.78 is 6.03. The first-order valence-electron chi connectivity index (χ1n) is 10.4. The number of benzene rings is 3. The number of carboxylic acid groups (broad SMARTS) is 1. The average Bonchev–Trinajstić information content (AvgIpc) is 3.11. The van der Waals surface area contributed by atoms with Crippen LogP contribution in [0.15, 0.2) is 83.8 Å². The number of amides is 1. The molecule has 1 heterocycles. The summed E-state index contributed by atoms with van der Waals surface area (Å²) >= 11 is 12.4. The lowest BCUT2D eigenvalue weighted by atomic mass is 10.0. The van der Waals surface area contributed by atoms with Crippen molar-refractivity contribution in [3.05, 3.63) is 105 Å². The Balaban J connectivity index is 1.44. The summed E-state index contributed by atoms with van der Waals surface area (Å²) in [5.74, 6) is -0.807. The van der Waals surface area contributed by atoms with E-state index in [1.807, 2.05) is 78.9 Å². The van der Waals surface area contributed by atoms with E-state index in [9.17, 15) is 14.7 Å². The first-order chi connectivity index (χ1) is 16.4. The van der Waals surface area contributed by atoms with Gasteiger partial charge in [-0.1, -0.05) is 90.2 Å². The Labute approximate surface area is 212 Å². The van der Waals surface area contributed by atoms with Gasteiger partial charge in [-0.3, -0.25) is 9.69 Å². The van der Waals surface area contributed by atoms with E-state index >= 15 is 0 Å². The van der Waals surface area contributed by atoms with Gasteiger partial charge in [-0.2, -0.15) is 0 Å². The second kappa shape index (κ2) is 10.9. The number of carbonyl (C=O) groups excluding carboxylic acids is 1. The first-order valence-corrected chi connectivity index (χ1v) is 12.0. The second-order valence-corrected chi connectivity index (χ2v) is 9.69. The third-order valence-corrected chi connectivity index (χ3v) is 6.77. The van der Waals surface area contributed by atoms with Crippen molar-refractivity contribution in [1.82, 2.24) is 4.90 Å². The van der Waals surface area contributed by atoms with Crippen molar-refractivity contribution in [2.24, 2.45) is 0 Å². The number of ether oxygens (including phenoxy) is 1. The van der Waals surface area contributed by atoms with E-state index in [0.717, 1.165) is 28.5 Å². The van der Waals surface area contributed by atoms with Crippen LogP contribution in [0.1, 0.15) is 16.7 Å². The highest BCUT2D eigenvalue weighted by Gasteiger charge is 2.40. The fraction of sp³-hybridized carbons (Fsp3) is 0.115. The molecule has 4 rings (SSSR count). The van der Waals surface area contributed by atoms with Crippen LogP contribution in [-0.2, 0) is 22.6 Å². The van der Waals surface area contributed by atoms with Crippen LogP contribution in [0.5, 0.6) is 5.75 Å². The average molecular weight is 510 g/mol.